The summed E-state index contributed by atoms with van der Waals surface area (Å²) < 4.78 is 41.8. The fraction of sp³-hybridized carbons (Fsp3) is 0.222. The van der Waals surface area contributed by atoms with Crippen LogP contribution in [-0.2, 0) is 4.79 Å². The fourth-order valence-electron chi connectivity index (χ4n) is 0.871. The monoisotopic (exact) mass is 220 g/mol. The van der Waals surface area contributed by atoms with Gasteiger partial charge in [0.15, 0.2) is 11.6 Å². The predicted octanol–water partition coefficient (Wildman–Crippen LogP) is 2.19. The topological polar surface area (TPSA) is 46.5 Å². The molecule has 0 aliphatic heterocycles. The Morgan fingerprint density at radius 1 is 1.47 bits per heavy atom. The Morgan fingerprint density at radius 3 is 2.60 bits per heavy atom. The summed E-state index contributed by atoms with van der Waals surface area (Å²) in [5.74, 6) is -4.30. The van der Waals surface area contributed by atoms with E-state index in [1.807, 2.05) is 0 Å². The number of hydrogen-bond acceptors (Lipinski definition) is 2. The van der Waals surface area contributed by atoms with Gasteiger partial charge in [-0.25, -0.2) is 9.18 Å². The number of aliphatic carboxylic acids is 1. The van der Waals surface area contributed by atoms with E-state index in [9.17, 15) is 18.0 Å². The standard InChI is InChI=1S/C9H7F3O3/c1-5-2-3-6(10)7(4-5)15-9(11,12)8(13)14/h2-4H,1H3,(H,13,14). The first kappa shape index (κ1) is 11.4. The van der Waals surface area contributed by atoms with Crippen LogP contribution in [0, 0.1) is 12.7 Å². The zero-order valence-electron chi connectivity index (χ0n) is 7.63. The molecule has 1 N–H and O–H groups in total. The maximum atomic E-state index is 12.9. The Kier molecular flexibility index (Phi) is 2.88. The van der Waals surface area contributed by atoms with Gasteiger partial charge in [-0.1, -0.05) is 6.07 Å². The van der Waals surface area contributed by atoms with Gasteiger partial charge >= 0.3 is 12.1 Å². The van der Waals surface area contributed by atoms with Gasteiger partial charge in [-0.3, -0.25) is 0 Å². The SMILES string of the molecule is Cc1ccc(F)c(OC(F)(F)C(=O)O)c1. The third kappa shape index (κ3) is 2.61. The van der Waals surface area contributed by atoms with E-state index in [0.717, 1.165) is 12.1 Å². The van der Waals surface area contributed by atoms with Crippen LogP contribution < -0.4 is 4.74 Å². The lowest BCUT2D eigenvalue weighted by Gasteiger charge is -2.13. The number of carbonyl (C=O) groups is 1. The first-order chi connectivity index (χ1) is 6.83. The number of carboxylic acids is 1. The van der Waals surface area contributed by atoms with Gasteiger partial charge in [-0.2, -0.15) is 8.78 Å². The second-order valence-electron chi connectivity index (χ2n) is 2.86. The average Bonchev–Trinajstić information content (AvgIpc) is 2.10. The van der Waals surface area contributed by atoms with Crippen molar-refractivity contribution in [2.24, 2.45) is 0 Å². The van der Waals surface area contributed by atoms with Gasteiger partial charge in [-0.15, -0.1) is 0 Å². The van der Waals surface area contributed by atoms with Crippen LogP contribution in [0.25, 0.3) is 0 Å². The van der Waals surface area contributed by atoms with Crippen molar-refractivity contribution in [1.82, 2.24) is 0 Å². The average molecular weight is 220 g/mol. The number of benzene rings is 1. The maximum absolute atomic E-state index is 12.9. The van der Waals surface area contributed by atoms with Crippen molar-refractivity contribution in [3.05, 3.63) is 29.6 Å². The second-order valence-corrected chi connectivity index (χ2v) is 2.86. The maximum Gasteiger partial charge on any atom is 0.502 e. The summed E-state index contributed by atoms with van der Waals surface area (Å²) in [6.07, 6.45) is -4.44. The minimum atomic E-state index is -4.44. The van der Waals surface area contributed by atoms with Crippen LogP contribution in [0.1, 0.15) is 5.56 Å². The highest BCUT2D eigenvalue weighted by Gasteiger charge is 2.43. The van der Waals surface area contributed by atoms with Gasteiger partial charge in [0.05, 0.1) is 0 Å². The summed E-state index contributed by atoms with van der Waals surface area (Å²) in [5, 5.41) is 8.07. The molecule has 0 fully saturated rings. The molecule has 1 rings (SSSR count). The Labute approximate surface area is 83.1 Å². The van der Waals surface area contributed by atoms with Crippen LogP contribution in [0.5, 0.6) is 5.75 Å². The predicted molar refractivity (Wildman–Crippen MR) is 44.3 cm³/mol. The summed E-state index contributed by atoms with van der Waals surface area (Å²) in [4.78, 5) is 10.0. The Hall–Kier alpha value is -1.72. The number of aryl methyl sites for hydroxylation is 1. The third-order valence-corrected chi connectivity index (χ3v) is 1.57. The molecule has 0 unspecified atom stereocenters. The van der Waals surface area contributed by atoms with Gasteiger partial charge < -0.3 is 9.84 Å². The molecule has 0 aliphatic carbocycles. The van der Waals surface area contributed by atoms with Crippen molar-refractivity contribution in [1.29, 1.82) is 0 Å². The highest BCUT2D eigenvalue weighted by atomic mass is 19.3. The van der Waals surface area contributed by atoms with Crippen LogP contribution >= 0.6 is 0 Å². The minimum Gasteiger partial charge on any atom is -0.474 e. The molecule has 0 atom stereocenters. The molecule has 0 radical (unpaired) electrons. The van der Waals surface area contributed by atoms with E-state index >= 15 is 0 Å². The molecule has 6 heteroatoms. The number of ether oxygens (including phenoxy) is 1. The molecular formula is C9H7F3O3. The number of carboxylic acid groups (broad SMARTS) is 1. The summed E-state index contributed by atoms with van der Waals surface area (Å²) in [7, 11) is 0. The van der Waals surface area contributed by atoms with E-state index in [4.69, 9.17) is 5.11 Å². The van der Waals surface area contributed by atoms with E-state index in [0.29, 0.717) is 5.56 Å². The van der Waals surface area contributed by atoms with E-state index < -0.39 is 23.6 Å². The molecular weight excluding hydrogens is 213 g/mol. The van der Waals surface area contributed by atoms with Crippen molar-refractivity contribution in [3.8, 4) is 5.75 Å². The molecule has 1 aromatic rings. The molecule has 0 aliphatic rings. The number of rotatable bonds is 3. The molecule has 0 bridgehead atoms. The van der Waals surface area contributed by atoms with Crippen molar-refractivity contribution in [2.75, 3.05) is 0 Å². The van der Waals surface area contributed by atoms with Crippen molar-refractivity contribution in [3.63, 3.8) is 0 Å². The summed E-state index contributed by atoms with van der Waals surface area (Å²) in [5.41, 5.74) is 0.479. The van der Waals surface area contributed by atoms with Gasteiger partial charge in [0, 0.05) is 0 Å². The van der Waals surface area contributed by atoms with Gasteiger partial charge in [0.1, 0.15) is 0 Å². The Bertz CT molecular complexity index is 390. The van der Waals surface area contributed by atoms with Gasteiger partial charge in [0.2, 0.25) is 0 Å². The molecule has 0 saturated carbocycles. The summed E-state index contributed by atoms with van der Waals surface area (Å²) in [6.45, 7) is 1.53. The number of halogens is 3. The van der Waals surface area contributed by atoms with Crippen molar-refractivity contribution < 1.29 is 27.8 Å². The third-order valence-electron chi connectivity index (χ3n) is 1.57. The highest BCUT2D eigenvalue weighted by Crippen LogP contribution is 2.25. The van der Waals surface area contributed by atoms with Crippen LogP contribution in [0.3, 0.4) is 0 Å². The molecule has 0 spiro atoms. The first-order valence-electron chi connectivity index (χ1n) is 3.89. The molecule has 0 aromatic heterocycles. The van der Waals surface area contributed by atoms with Crippen LogP contribution in [0.4, 0.5) is 13.2 Å². The molecule has 0 heterocycles. The minimum absolute atomic E-state index is 0.479. The zero-order valence-corrected chi connectivity index (χ0v) is 7.63. The van der Waals surface area contributed by atoms with Crippen LogP contribution in [0.15, 0.2) is 18.2 Å². The lowest BCUT2D eigenvalue weighted by atomic mass is 10.2. The smallest absolute Gasteiger partial charge is 0.474 e. The molecule has 15 heavy (non-hydrogen) atoms. The van der Waals surface area contributed by atoms with Gasteiger partial charge in [0.25, 0.3) is 0 Å². The molecule has 3 nitrogen and oxygen atoms in total. The normalized spacial score (nSPS) is 11.2. The lowest BCUT2D eigenvalue weighted by molar-refractivity contribution is -0.211. The molecule has 0 saturated heterocycles. The molecule has 0 amide bonds. The summed E-state index contributed by atoms with van der Waals surface area (Å²) >= 11 is 0. The van der Waals surface area contributed by atoms with Crippen molar-refractivity contribution >= 4 is 5.97 Å². The van der Waals surface area contributed by atoms with E-state index in [-0.39, 0.29) is 0 Å². The largest absolute Gasteiger partial charge is 0.502 e. The first-order valence-corrected chi connectivity index (χ1v) is 3.89. The van der Waals surface area contributed by atoms with Gasteiger partial charge in [-0.05, 0) is 24.6 Å². The number of hydrogen-bond donors (Lipinski definition) is 1. The van der Waals surface area contributed by atoms with E-state index in [2.05, 4.69) is 4.74 Å². The molecule has 82 valence electrons. The Morgan fingerprint density at radius 2 is 2.07 bits per heavy atom. The van der Waals surface area contributed by atoms with Crippen molar-refractivity contribution in [2.45, 2.75) is 13.0 Å². The van der Waals surface area contributed by atoms with Crippen LogP contribution in [0.2, 0.25) is 0 Å². The molecule has 1 aromatic carbocycles. The van der Waals surface area contributed by atoms with Crippen LogP contribution in [-0.4, -0.2) is 17.2 Å². The lowest BCUT2D eigenvalue weighted by Crippen LogP contribution is -2.35. The summed E-state index contributed by atoms with van der Waals surface area (Å²) in [6, 6.07) is 3.26. The second kappa shape index (κ2) is 3.80. The van der Waals surface area contributed by atoms with E-state index in [1.54, 1.807) is 0 Å². The quantitative estimate of drug-likeness (QED) is 0.849. The fourth-order valence-corrected chi connectivity index (χ4v) is 0.871. The van der Waals surface area contributed by atoms with E-state index in [1.165, 1.54) is 13.0 Å². The highest BCUT2D eigenvalue weighted by molar-refractivity contribution is 5.73. The Balaban J connectivity index is 2.99. The number of alkyl halides is 2. The zero-order chi connectivity index (χ0) is 11.6.